The summed E-state index contributed by atoms with van der Waals surface area (Å²) in [4.78, 5) is 52.6. The minimum absolute atomic E-state index is 0.0233. The van der Waals surface area contributed by atoms with Crippen LogP contribution in [0.1, 0.15) is 73.0 Å². The van der Waals surface area contributed by atoms with E-state index in [-0.39, 0.29) is 29.9 Å². The topological polar surface area (TPSA) is 182 Å². The molecular formula is C48H52F2N8O6S2. The number of rotatable bonds is 21. The number of halogens is 2. The predicted molar refractivity (Wildman–Crippen MR) is 251 cm³/mol. The first-order valence-electron chi connectivity index (χ1n) is 21.8. The molecule has 1 fully saturated rings. The van der Waals surface area contributed by atoms with E-state index in [2.05, 4.69) is 37.5 Å². The smallest absolute Gasteiger partial charge is 0.309 e. The van der Waals surface area contributed by atoms with Crippen molar-refractivity contribution in [2.45, 2.75) is 65.5 Å². The molecule has 0 unspecified atom stereocenters. The maximum atomic E-state index is 14.2. The highest BCUT2D eigenvalue weighted by Crippen LogP contribution is 2.32. The highest BCUT2D eigenvalue weighted by Gasteiger charge is 2.32. The number of nitrogens with one attached hydrogen (secondary N) is 1. The number of hydrogen-bond acceptors (Lipinski definition) is 12. The summed E-state index contributed by atoms with van der Waals surface area (Å²) in [6.45, 7) is 7.74. The quantitative estimate of drug-likeness (QED) is 0.0586. The molecule has 4 aromatic carbocycles. The molecule has 0 bridgehead atoms. The van der Waals surface area contributed by atoms with Gasteiger partial charge in [0.05, 0.1) is 18.8 Å². The van der Waals surface area contributed by atoms with Crippen molar-refractivity contribution in [3.05, 3.63) is 131 Å². The van der Waals surface area contributed by atoms with Gasteiger partial charge in [-0.25, -0.2) is 8.78 Å². The Bertz CT molecular complexity index is 2520. The van der Waals surface area contributed by atoms with Gasteiger partial charge in [0.1, 0.15) is 27.2 Å². The zero-order chi connectivity index (χ0) is 47.0. The number of carboxylic acid groups (broad SMARTS) is 2. The maximum Gasteiger partial charge on any atom is 0.309 e. The lowest BCUT2D eigenvalue weighted by Gasteiger charge is -2.36. The second-order valence-electron chi connectivity index (χ2n) is 15.7. The summed E-state index contributed by atoms with van der Waals surface area (Å²) in [5.41, 5.74) is 4.24. The Morgan fingerprint density at radius 2 is 1.24 bits per heavy atom. The standard InChI is InChI=1S/C24H24F2N4O3S.C24H28N4O3S/c1-2-3-11-30(22(31)20-18(25)5-4-6-19(20)26)24-28-27-21(34-24)16-9-7-15(8-10-16)12-29-13-17(14-29)23(32)33;1-2-3-15-28(21(29)16-18-7-5-4-6-8-18)24-27-26-23(32-24)20-11-9-19(10-12-20)17-25-14-13-22(30)31/h4-10,17H,2-3,11-14H2,1H3,(H,32,33);4-12,25H,2-3,13-17H2,1H3,(H,30,31). The van der Waals surface area contributed by atoms with Gasteiger partial charge in [-0.3, -0.25) is 33.9 Å². The lowest BCUT2D eigenvalue weighted by Crippen LogP contribution is -2.49. The van der Waals surface area contributed by atoms with Crippen LogP contribution in [0.25, 0.3) is 21.1 Å². The van der Waals surface area contributed by atoms with Crippen molar-refractivity contribution >= 4 is 56.7 Å². The molecule has 3 N–H and O–H groups in total. The molecule has 2 amide bonds. The van der Waals surface area contributed by atoms with E-state index in [9.17, 15) is 28.0 Å². The molecule has 0 radical (unpaired) electrons. The van der Waals surface area contributed by atoms with Crippen LogP contribution in [-0.2, 0) is 33.9 Å². The van der Waals surface area contributed by atoms with Gasteiger partial charge in [0, 0.05) is 56.9 Å². The van der Waals surface area contributed by atoms with Gasteiger partial charge in [-0.1, -0.05) is 134 Å². The summed E-state index contributed by atoms with van der Waals surface area (Å²) < 4.78 is 28.5. The van der Waals surface area contributed by atoms with Gasteiger partial charge in [-0.05, 0) is 41.7 Å². The highest BCUT2D eigenvalue weighted by molar-refractivity contribution is 7.19. The van der Waals surface area contributed by atoms with Gasteiger partial charge in [0.25, 0.3) is 5.91 Å². The molecule has 18 heteroatoms. The zero-order valence-electron chi connectivity index (χ0n) is 36.7. The van der Waals surface area contributed by atoms with E-state index in [0.717, 1.165) is 64.2 Å². The van der Waals surface area contributed by atoms with Gasteiger partial charge in [-0.2, -0.15) is 0 Å². The van der Waals surface area contributed by atoms with Crippen LogP contribution < -0.4 is 15.1 Å². The summed E-state index contributed by atoms with van der Waals surface area (Å²) >= 11 is 2.60. The Kier molecular flexibility index (Phi) is 18.0. The Hall–Kier alpha value is -6.34. The predicted octanol–water partition coefficient (Wildman–Crippen LogP) is 8.59. The molecule has 0 atom stereocenters. The van der Waals surface area contributed by atoms with E-state index in [0.29, 0.717) is 62.2 Å². The third-order valence-corrected chi connectivity index (χ3v) is 12.6. The van der Waals surface area contributed by atoms with Crippen molar-refractivity contribution in [1.82, 2.24) is 30.6 Å². The molecule has 1 saturated heterocycles. The van der Waals surface area contributed by atoms with Gasteiger partial charge in [-0.15, -0.1) is 20.4 Å². The van der Waals surface area contributed by atoms with E-state index >= 15 is 0 Å². The first-order valence-corrected chi connectivity index (χ1v) is 23.4. The fraction of sp³-hybridized carbons (Fsp3) is 0.333. The third kappa shape index (κ3) is 13.6. The minimum atomic E-state index is -0.913. The van der Waals surface area contributed by atoms with Crippen LogP contribution >= 0.6 is 22.7 Å². The lowest BCUT2D eigenvalue weighted by molar-refractivity contribution is -0.147. The number of hydrogen-bond donors (Lipinski definition) is 3. The number of benzene rings is 4. The monoisotopic (exact) mass is 938 g/mol. The van der Waals surface area contributed by atoms with Crippen molar-refractivity contribution in [3.63, 3.8) is 0 Å². The van der Waals surface area contributed by atoms with Crippen LogP contribution in [0.4, 0.5) is 19.0 Å². The molecule has 346 valence electrons. The highest BCUT2D eigenvalue weighted by atomic mass is 32.1. The number of unbranched alkanes of at least 4 members (excludes halogenated alkanes) is 2. The molecule has 66 heavy (non-hydrogen) atoms. The fourth-order valence-corrected chi connectivity index (χ4v) is 8.66. The van der Waals surface area contributed by atoms with Crippen molar-refractivity contribution in [2.75, 3.05) is 42.5 Å². The minimum Gasteiger partial charge on any atom is -0.481 e. The molecule has 2 aromatic heterocycles. The largest absolute Gasteiger partial charge is 0.481 e. The number of aliphatic carboxylic acids is 2. The van der Waals surface area contributed by atoms with Gasteiger partial charge in [0.2, 0.25) is 16.2 Å². The number of nitrogens with zero attached hydrogens (tertiary/aromatic N) is 7. The van der Waals surface area contributed by atoms with E-state index < -0.39 is 35.0 Å². The van der Waals surface area contributed by atoms with Gasteiger partial charge >= 0.3 is 11.9 Å². The van der Waals surface area contributed by atoms with E-state index in [1.807, 2.05) is 85.8 Å². The number of carbonyl (C=O) groups excluding carboxylic acids is 2. The van der Waals surface area contributed by atoms with Crippen LogP contribution in [0.15, 0.2) is 97.1 Å². The number of aromatic nitrogens is 4. The summed E-state index contributed by atoms with van der Waals surface area (Å²) in [5, 5.41) is 40.0. The molecule has 1 aliphatic heterocycles. The lowest BCUT2D eigenvalue weighted by atomic mass is 9.99. The van der Waals surface area contributed by atoms with Crippen molar-refractivity contribution in [2.24, 2.45) is 5.92 Å². The molecule has 3 heterocycles. The average Bonchev–Trinajstić information content (AvgIpc) is 3.99. The SMILES string of the molecule is CCCCN(C(=O)Cc1ccccc1)c1nnc(-c2ccc(CNCCC(=O)O)cc2)s1.CCCCN(C(=O)c1c(F)cccc1F)c1nnc(-c2ccc(CN3CC(C(=O)O)C3)cc2)s1. The average molecular weight is 939 g/mol. The van der Waals surface area contributed by atoms with Gasteiger partial charge < -0.3 is 15.5 Å². The third-order valence-electron chi connectivity index (χ3n) is 10.6. The number of carboxylic acids is 2. The summed E-state index contributed by atoms with van der Waals surface area (Å²) in [5.74, 6) is -4.45. The fourth-order valence-electron chi connectivity index (χ4n) is 6.89. The van der Waals surface area contributed by atoms with Crippen LogP contribution in [-0.4, -0.2) is 92.0 Å². The Labute approximate surface area is 390 Å². The Balaban J connectivity index is 0.000000219. The molecule has 6 aromatic rings. The maximum absolute atomic E-state index is 14.2. The number of amides is 2. The molecule has 14 nitrogen and oxygen atoms in total. The number of likely N-dealkylation sites (tertiary alicyclic amines) is 1. The van der Waals surface area contributed by atoms with Gasteiger partial charge in [0.15, 0.2) is 0 Å². The van der Waals surface area contributed by atoms with E-state index in [4.69, 9.17) is 10.2 Å². The molecule has 0 saturated carbocycles. The molecule has 0 aliphatic carbocycles. The molecule has 0 spiro atoms. The summed E-state index contributed by atoms with van der Waals surface area (Å²) in [6.07, 6.45) is 3.76. The van der Waals surface area contributed by atoms with Crippen molar-refractivity contribution in [1.29, 1.82) is 0 Å². The van der Waals surface area contributed by atoms with E-state index in [1.54, 1.807) is 4.90 Å². The number of carbonyl (C=O) groups is 4. The molecular weight excluding hydrogens is 887 g/mol. The Morgan fingerprint density at radius 3 is 1.79 bits per heavy atom. The first kappa shape index (κ1) is 49.1. The summed E-state index contributed by atoms with van der Waals surface area (Å²) in [7, 11) is 0. The Morgan fingerprint density at radius 1 is 0.697 bits per heavy atom. The second kappa shape index (κ2) is 24.3. The number of anilines is 2. The zero-order valence-corrected chi connectivity index (χ0v) is 38.4. The van der Waals surface area contributed by atoms with E-state index in [1.165, 1.54) is 33.6 Å². The normalized spacial score (nSPS) is 12.5. The van der Waals surface area contributed by atoms with Crippen LogP contribution in [0, 0.1) is 17.6 Å². The second-order valence-corrected chi connectivity index (χ2v) is 17.6. The van der Waals surface area contributed by atoms with Crippen LogP contribution in [0.3, 0.4) is 0 Å². The first-order chi connectivity index (χ1) is 31.9. The van der Waals surface area contributed by atoms with Crippen molar-refractivity contribution < 1.29 is 38.2 Å². The summed E-state index contributed by atoms with van der Waals surface area (Å²) in [6, 6.07) is 28.7. The van der Waals surface area contributed by atoms with Crippen LogP contribution in [0.5, 0.6) is 0 Å². The van der Waals surface area contributed by atoms with Crippen LogP contribution in [0.2, 0.25) is 0 Å². The molecule has 7 rings (SSSR count). The molecule has 1 aliphatic rings. The van der Waals surface area contributed by atoms with Crippen molar-refractivity contribution in [3.8, 4) is 21.1 Å².